The number of fused-ring (bicyclic) bond motifs is 4. The summed E-state index contributed by atoms with van der Waals surface area (Å²) in [4.78, 5) is 42.8. The number of likely N-dealkylation sites (tertiary alicyclic amines) is 1. The smallest absolute Gasteiger partial charge is 0.281 e. The molecular formula is C34H34N8O3. The van der Waals surface area contributed by atoms with Gasteiger partial charge in [-0.3, -0.25) is 14.2 Å². The van der Waals surface area contributed by atoms with Crippen LogP contribution in [0.3, 0.4) is 0 Å². The summed E-state index contributed by atoms with van der Waals surface area (Å²) in [6, 6.07) is 15.1. The molecule has 1 N–H and O–H groups in total. The van der Waals surface area contributed by atoms with Gasteiger partial charge in [-0.15, -0.1) is 0 Å². The lowest BCUT2D eigenvalue weighted by molar-refractivity contribution is -0.130. The molecule has 11 heteroatoms. The number of hydrogen-bond donors (Lipinski definition) is 1. The van der Waals surface area contributed by atoms with E-state index in [-0.39, 0.29) is 35.7 Å². The highest BCUT2D eigenvalue weighted by atomic mass is 16.3. The number of nitriles is 1. The normalized spacial score (nSPS) is 18.9. The third-order valence-corrected chi connectivity index (χ3v) is 9.39. The van der Waals surface area contributed by atoms with Gasteiger partial charge < -0.3 is 24.4 Å². The van der Waals surface area contributed by atoms with E-state index in [4.69, 9.17) is 9.97 Å². The van der Waals surface area contributed by atoms with E-state index in [1.165, 1.54) is 6.08 Å². The summed E-state index contributed by atoms with van der Waals surface area (Å²) in [6.07, 6.45) is 6.32. The van der Waals surface area contributed by atoms with Crippen molar-refractivity contribution in [2.75, 3.05) is 38.6 Å². The molecule has 5 heterocycles. The number of nitrogens with zero attached hydrogens (tertiary/aromatic N) is 8. The van der Waals surface area contributed by atoms with Crippen LogP contribution < -0.4 is 10.5 Å². The molecule has 2 aliphatic rings. The maximum atomic E-state index is 14.4. The minimum atomic E-state index is -0.294. The molecule has 2 aromatic carbocycles. The van der Waals surface area contributed by atoms with Gasteiger partial charge in [0.2, 0.25) is 5.91 Å². The number of imidazole rings is 1. The zero-order valence-electron chi connectivity index (χ0n) is 25.3. The van der Waals surface area contributed by atoms with Crippen molar-refractivity contribution in [3.05, 3.63) is 78.0 Å². The van der Waals surface area contributed by atoms with Gasteiger partial charge in [0.05, 0.1) is 30.0 Å². The summed E-state index contributed by atoms with van der Waals surface area (Å²) in [5, 5.41) is 22.4. The lowest BCUT2D eigenvalue weighted by atomic mass is 9.94. The molecule has 0 bridgehead atoms. The van der Waals surface area contributed by atoms with Crippen molar-refractivity contribution >= 4 is 44.4 Å². The number of pyridine rings is 2. The number of aromatic nitrogens is 4. The van der Waals surface area contributed by atoms with Crippen molar-refractivity contribution in [2.24, 2.45) is 0 Å². The van der Waals surface area contributed by atoms with Crippen LogP contribution >= 0.6 is 0 Å². The Morgan fingerprint density at radius 2 is 1.98 bits per heavy atom. The number of carbonyl (C=O) groups is 1. The Balaban J connectivity index is 1.41. The predicted octanol–water partition coefficient (Wildman–Crippen LogP) is 3.98. The third-order valence-electron chi connectivity index (χ3n) is 9.39. The number of piperidine rings is 1. The van der Waals surface area contributed by atoms with Crippen molar-refractivity contribution in [2.45, 2.75) is 37.4 Å². The fourth-order valence-corrected chi connectivity index (χ4v) is 6.88. The number of benzene rings is 2. The second-order valence-corrected chi connectivity index (χ2v) is 12.2. The summed E-state index contributed by atoms with van der Waals surface area (Å²) in [5.41, 5.74) is 2.14. The minimum Gasteiger partial charge on any atom is -0.508 e. The average Bonchev–Trinajstić information content (AvgIpc) is 3.46. The quantitative estimate of drug-likeness (QED) is 0.290. The summed E-state index contributed by atoms with van der Waals surface area (Å²) in [6.45, 7) is 5.65. The van der Waals surface area contributed by atoms with Crippen LogP contribution in [0.1, 0.15) is 25.3 Å². The van der Waals surface area contributed by atoms with Gasteiger partial charge in [-0.2, -0.15) is 5.26 Å². The summed E-state index contributed by atoms with van der Waals surface area (Å²) in [7, 11) is 4.11. The standard InChI is InChI=1S/C34H34N8O3/c1-4-29(44)40-13-10-23(16-22(40)9-12-35)42-20-36-31-32(42)27-11-14-41(28-17-25(43)15-21-7-5-6-8-26(21)28)34(45)30(27)37-33(31)39-18-24(19-39)38(2)3/h4-8,11,14-15,17,20,22-24,43H,1,9-10,13,16,18-19H2,2-3H3. The molecule has 1 amide bonds. The Morgan fingerprint density at radius 3 is 2.73 bits per heavy atom. The molecule has 0 aliphatic carbocycles. The molecule has 0 saturated carbocycles. The van der Waals surface area contributed by atoms with Crippen LogP contribution in [-0.4, -0.2) is 85.7 Å². The van der Waals surface area contributed by atoms with Crippen molar-refractivity contribution in [3.63, 3.8) is 0 Å². The maximum Gasteiger partial charge on any atom is 0.281 e. The van der Waals surface area contributed by atoms with Gasteiger partial charge in [-0.1, -0.05) is 30.8 Å². The molecule has 2 atom stereocenters. The van der Waals surface area contributed by atoms with Crippen LogP contribution in [0.4, 0.5) is 5.82 Å². The Bertz CT molecular complexity index is 2090. The van der Waals surface area contributed by atoms with E-state index in [0.717, 1.165) is 34.9 Å². The van der Waals surface area contributed by atoms with Crippen molar-refractivity contribution in [3.8, 4) is 17.5 Å². The van der Waals surface area contributed by atoms with E-state index in [1.54, 1.807) is 27.8 Å². The number of aromatic hydroxyl groups is 1. The topological polar surface area (TPSA) is 124 Å². The molecule has 45 heavy (non-hydrogen) atoms. The lowest BCUT2D eigenvalue weighted by Crippen LogP contribution is -2.57. The van der Waals surface area contributed by atoms with Crippen LogP contribution in [0, 0.1) is 11.3 Å². The second kappa shape index (κ2) is 11.1. The fourth-order valence-electron chi connectivity index (χ4n) is 6.88. The average molecular weight is 603 g/mol. The van der Waals surface area contributed by atoms with Gasteiger partial charge in [-0.25, -0.2) is 9.97 Å². The SMILES string of the molecule is C=CC(=O)N1CCC(n2cnc3c(N4CC(N(C)C)C4)nc4c(=O)n(-c5cc(O)cc6ccccc56)ccc4c32)CC1CC#N. The van der Waals surface area contributed by atoms with E-state index in [9.17, 15) is 20.0 Å². The number of phenolic OH excluding ortho intramolecular Hbond substituents is 1. The summed E-state index contributed by atoms with van der Waals surface area (Å²) in [5.74, 6) is 0.563. The molecule has 2 aliphatic heterocycles. The van der Waals surface area contributed by atoms with E-state index < -0.39 is 0 Å². The van der Waals surface area contributed by atoms with Crippen molar-refractivity contribution in [1.29, 1.82) is 5.26 Å². The first kappa shape index (κ1) is 28.6. The van der Waals surface area contributed by atoms with Gasteiger partial charge in [0.1, 0.15) is 16.8 Å². The van der Waals surface area contributed by atoms with E-state index in [2.05, 4.69) is 41.1 Å². The lowest BCUT2D eigenvalue weighted by Gasteiger charge is -2.43. The molecule has 0 radical (unpaired) electrons. The van der Waals surface area contributed by atoms with Gasteiger partial charge in [0.25, 0.3) is 5.56 Å². The maximum absolute atomic E-state index is 14.4. The number of rotatable bonds is 6. The molecule has 0 spiro atoms. The first-order valence-corrected chi connectivity index (χ1v) is 15.1. The molecule has 2 fully saturated rings. The number of amides is 1. The van der Waals surface area contributed by atoms with Crippen LogP contribution in [0.5, 0.6) is 5.75 Å². The van der Waals surface area contributed by atoms with Crippen molar-refractivity contribution < 1.29 is 9.90 Å². The van der Waals surface area contributed by atoms with Crippen LogP contribution in [0.25, 0.3) is 38.4 Å². The minimum absolute atomic E-state index is 0.0379. The number of hydrogen-bond acceptors (Lipinski definition) is 8. The monoisotopic (exact) mass is 602 g/mol. The number of carbonyl (C=O) groups excluding carboxylic acids is 1. The Labute approximate surface area is 259 Å². The van der Waals surface area contributed by atoms with E-state index in [1.807, 2.05) is 36.7 Å². The molecule has 5 aromatic rings. The zero-order chi connectivity index (χ0) is 31.4. The highest BCUT2D eigenvalue weighted by molar-refractivity contribution is 6.07. The predicted molar refractivity (Wildman–Crippen MR) is 174 cm³/mol. The molecule has 2 unspecified atom stereocenters. The molecular weight excluding hydrogens is 568 g/mol. The van der Waals surface area contributed by atoms with Crippen LogP contribution in [0.15, 0.2) is 72.4 Å². The molecule has 228 valence electrons. The van der Waals surface area contributed by atoms with Crippen LogP contribution in [-0.2, 0) is 4.79 Å². The molecule has 7 rings (SSSR count). The summed E-state index contributed by atoms with van der Waals surface area (Å²) < 4.78 is 3.66. The zero-order valence-corrected chi connectivity index (χ0v) is 25.3. The summed E-state index contributed by atoms with van der Waals surface area (Å²) >= 11 is 0. The van der Waals surface area contributed by atoms with Gasteiger partial charge >= 0.3 is 0 Å². The first-order chi connectivity index (χ1) is 21.8. The van der Waals surface area contributed by atoms with Crippen LogP contribution in [0.2, 0.25) is 0 Å². The van der Waals surface area contributed by atoms with Gasteiger partial charge in [0, 0.05) is 60.8 Å². The Kier molecular flexibility index (Phi) is 7.01. The Morgan fingerprint density at radius 1 is 1.18 bits per heavy atom. The fraction of sp³-hybridized carbons (Fsp3) is 0.324. The third kappa shape index (κ3) is 4.69. The number of likely N-dealkylation sites (N-methyl/N-ethyl adjacent to an activating group) is 1. The second-order valence-electron chi connectivity index (χ2n) is 12.2. The van der Waals surface area contributed by atoms with Crippen molar-refractivity contribution in [1.82, 2.24) is 28.9 Å². The molecule has 2 saturated heterocycles. The largest absolute Gasteiger partial charge is 0.508 e. The Hall–Kier alpha value is -5.21. The van der Waals surface area contributed by atoms with E-state index >= 15 is 0 Å². The van der Waals surface area contributed by atoms with Gasteiger partial charge in [-0.05, 0) is 50.5 Å². The molecule has 11 nitrogen and oxygen atoms in total. The van der Waals surface area contributed by atoms with Gasteiger partial charge in [0.15, 0.2) is 5.82 Å². The first-order valence-electron chi connectivity index (χ1n) is 15.1. The number of phenols is 1. The highest BCUT2D eigenvalue weighted by Crippen LogP contribution is 2.38. The van der Waals surface area contributed by atoms with E-state index in [0.29, 0.717) is 47.8 Å². The number of anilines is 1. The highest BCUT2D eigenvalue weighted by Gasteiger charge is 2.35. The molecule has 3 aromatic heterocycles.